The first-order valence-corrected chi connectivity index (χ1v) is 10.6. The van der Waals surface area contributed by atoms with Crippen LogP contribution in [-0.4, -0.2) is 27.2 Å². The molecule has 6 nitrogen and oxygen atoms in total. The topological polar surface area (TPSA) is 94.3 Å². The van der Waals surface area contributed by atoms with E-state index >= 15 is 0 Å². The Morgan fingerprint density at radius 3 is 2.57 bits per heavy atom. The van der Waals surface area contributed by atoms with Crippen LogP contribution in [0, 0.1) is 24.1 Å². The molecule has 28 heavy (non-hydrogen) atoms. The Balaban J connectivity index is 2.13. The van der Waals surface area contributed by atoms with E-state index in [9.17, 15) is 12.8 Å². The zero-order valence-corrected chi connectivity index (χ0v) is 16.9. The maximum atomic E-state index is 13.9. The predicted octanol–water partition coefficient (Wildman–Crippen LogP) is 2.66. The number of rotatable bonds is 6. The lowest BCUT2D eigenvalue weighted by molar-refractivity contribution is 0.601. The molecular weight excluding hydrogens is 379 g/mol. The highest BCUT2D eigenvalue weighted by Crippen LogP contribution is 2.17. The van der Waals surface area contributed by atoms with Crippen molar-refractivity contribution >= 4 is 15.8 Å². The van der Waals surface area contributed by atoms with Crippen LogP contribution in [0.2, 0.25) is 0 Å². The first kappa shape index (κ1) is 21.4. The summed E-state index contributed by atoms with van der Waals surface area (Å²) in [5, 5.41) is 15.1. The number of guanidine groups is 1. The Hall–Kier alpha value is -2.92. The van der Waals surface area contributed by atoms with Gasteiger partial charge < -0.3 is 10.6 Å². The van der Waals surface area contributed by atoms with Gasteiger partial charge in [-0.25, -0.2) is 17.8 Å². The lowest BCUT2D eigenvalue weighted by atomic mass is 10.1. The van der Waals surface area contributed by atoms with Crippen LogP contribution in [0.4, 0.5) is 4.39 Å². The average molecular weight is 402 g/mol. The van der Waals surface area contributed by atoms with Crippen LogP contribution < -0.4 is 10.6 Å². The van der Waals surface area contributed by atoms with Crippen LogP contribution >= 0.6 is 0 Å². The van der Waals surface area contributed by atoms with Crippen molar-refractivity contribution in [3.63, 3.8) is 0 Å². The van der Waals surface area contributed by atoms with E-state index in [0.717, 1.165) is 5.56 Å². The zero-order chi connectivity index (χ0) is 20.7. The molecule has 8 heteroatoms. The highest BCUT2D eigenvalue weighted by molar-refractivity contribution is 7.90. The van der Waals surface area contributed by atoms with Gasteiger partial charge in [0, 0.05) is 24.9 Å². The molecule has 0 spiro atoms. The highest BCUT2D eigenvalue weighted by Gasteiger charge is 2.11. The number of benzene rings is 2. The van der Waals surface area contributed by atoms with Gasteiger partial charge >= 0.3 is 0 Å². The minimum atomic E-state index is -3.26. The molecule has 0 aliphatic carbocycles. The molecule has 0 radical (unpaired) electrons. The van der Waals surface area contributed by atoms with Gasteiger partial charge in [0.05, 0.1) is 23.1 Å². The second kappa shape index (κ2) is 9.33. The third-order valence-electron chi connectivity index (χ3n) is 4.02. The molecule has 2 N–H and O–H groups in total. The number of nitrogens with zero attached hydrogens (tertiary/aromatic N) is 2. The van der Waals surface area contributed by atoms with Crippen LogP contribution in [0.15, 0.2) is 46.3 Å². The molecule has 0 unspecified atom stereocenters. The van der Waals surface area contributed by atoms with Crippen molar-refractivity contribution < 1.29 is 12.8 Å². The van der Waals surface area contributed by atoms with Crippen LogP contribution in [0.5, 0.6) is 0 Å². The number of aryl methyl sites for hydroxylation is 1. The molecular formula is C20H23FN4O2S. The summed E-state index contributed by atoms with van der Waals surface area (Å²) in [7, 11) is -3.26. The van der Waals surface area contributed by atoms with E-state index in [4.69, 9.17) is 5.26 Å². The van der Waals surface area contributed by atoms with E-state index in [1.165, 1.54) is 24.5 Å². The molecule has 0 heterocycles. The van der Waals surface area contributed by atoms with E-state index in [2.05, 4.69) is 15.6 Å². The molecule has 0 aromatic heterocycles. The zero-order valence-electron chi connectivity index (χ0n) is 16.1. The molecule has 0 aliphatic rings. The largest absolute Gasteiger partial charge is 0.357 e. The summed E-state index contributed by atoms with van der Waals surface area (Å²) in [6, 6.07) is 11.3. The van der Waals surface area contributed by atoms with Gasteiger partial charge in [0.2, 0.25) is 0 Å². The number of hydrogen-bond acceptors (Lipinski definition) is 4. The van der Waals surface area contributed by atoms with Crippen LogP contribution in [0.1, 0.15) is 29.2 Å². The minimum Gasteiger partial charge on any atom is -0.357 e. The van der Waals surface area contributed by atoms with Crippen molar-refractivity contribution in [2.24, 2.45) is 4.99 Å². The number of nitrogens with one attached hydrogen (secondary N) is 2. The molecule has 0 atom stereocenters. The Labute approximate surface area is 165 Å². The van der Waals surface area contributed by atoms with Gasteiger partial charge in [0.15, 0.2) is 15.8 Å². The quantitative estimate of drug-likeness (QED) is 0.572. The molecule has 0 saturated carbocycles. The number of nitriles is 1. The second-order valence-corrected chi connectivity index (χ2v) is 8.32. The lowest BCUT2D eigenvalue weighted by Crippen LogP contribution is -2.37. The van der Waals surface area contributed by atoms with Gasteiger partial charge in [-0.2, -0.15) is 5.26 Å². The normalized spacial score (nSPS) is 11.8. The van der Waals surface area contributed by atoms with Crippen molar-refractivity contribution in [3.8, 4) is 6.07 Å². The van der Waals surface area contributed by atoms with Gasteiger partial charge in [0.1, 0.15) is 5.82 Å². The summed E-state index contributed by atoms with van der Waals surface area (Å²) in [6.07, 6.45) is 1.18. The Morgan fingerprint density at radius 2 is 1.96 bits per heavy atom. The summed E-state index contributed by atoms with van der Waals surface area (Å²) < 4.78 is 37.3. The van der Waals surface area contributed by atoms with Gasteiger partial charge in [-0.05, 0) is 49.2 Å². The van der Waals surface area contributed by atoms with Crippen molar-refractivity contribution in [2.75, 3.05) is 12.8 Å². The fourth-order valence-corrected chi connectivity index (χ4v) is 3.66. The van der Waals surface area contributed by atoms with Crippen molar-refractivity contribution in [1.82, 2.24) is 10.6 Å². The van der Waals surface area contributed by atoms with E-state index in [0.29, 0.717) is 40.6 Å². The number of halogens is 1. The first-order chi connectivity index (χ1) is 13.2. The van der Waals surface area contributed by atoms with Gasteiger partial charge in [-0.15, -0.1) is 0 Å². The van der Waals surface area contributed by atoms with Crippen LogP contribution in [0.3, 0.4) is 0 Å². The van der Waals surface area contributed by atoms with E-state index < -0.39 is 15.7 Å². The van der Waals surface area contributed by atoms with Crippen molar-refractivity contribution in [3.05, 3.63) is 64.5 Å². The lowest BCUT2D eigenvalue weighted by Gasteiger charge is -2.12. The molecule has 0 fully saturated rings. The molecule has 2 aromatic rings. The third kappa shape index (κ3) is 5.79. The molecule has 0 aliphatic heterocycles. The summed E-state index contributed by atoms with van der Waals surface area (Å²) >= 11 is 0. The van der Waals surface area contributed by atoms with Gasteiger partial charge in [-0.1, -0.05) is 12.1 Å². The summed E-state index contributed by atoms with van der Waals surface area (Å²) in [6.45, 7) is 4.80. The van der Waals surface area contributed by atoms with Crippen LogP contribution in [0.25, 0.3) is 0 Å². The third-order valence-corrected chi connectivity index (χ3v) is 5.28. The number of aliphatic imine (C=N–C) groups is 1. The molecule has 0 saturated heterocycles. The monoisotopic (exact) mass is 402 g/mol. The second-order valence-electron chi connectivity index (χ2n) is 6.34. The Bertz CT molecular complexity index is 1030. The average Bonchev–Trinajstić information content (AvgIpc) is 2.64. The maximum Gasteiger partial charge on any atom is 0.191 e. The molecule has 0 amide bonds. The van der Waals surface area contributed by atoms with E-state index in [1.807, 2.05) is 13.0 Å². The molecule has 2 rings (SSSR count). The van der Waals surface area contributed by atoms with E-state index in [1.54, 1.807) is 25.1 Å². The smallest absolute Gasteiger partial charge is 0.191 e. The summed E-state index contributed by atoms with van der Waals surface area (Å²) in [5.74, 6) is 0.100. The molecule has 0 bridgehead atoms. The molecule has 2 aromatic carbocycles. The van der Waals surface area contributed by atoms with E-state index in [-0.39, 0.29) is 6.54 Å². The fraction of sp³-hybridized carbons (Fsp3) is 0.300. The molecule has 148 valence electrons. The Kier molecular flexibility index (Phi) is 7.12. The van der Waals surface area contributed by atoms with Crippen molar-refractivity contribution in [1.29, 1.82) is 5.26 Å². The maximum absolute atomic E-state index is 13.9. The SMILES string of the molecule is CCNC(=NCc1ccc(S(C)(=O)=O)c(C)c1)NCc1cc(C#N)ccc1F. The fourth-order valence-electron chi connectivity index (χ4n) is 2.70. The summed E-state index contributed by atoms with van der Waals surface area (Å²) in [5.41, 5.74) is 2.29. The predicted molar refractivity (Wildman–Crippen MR) is 107 cm³/mol. The van der Waals surface area contributed by atoms with Crippen molar-refractivity contribution in [2.45, 2.75) is 31.8 Å². The number of sulfone groups is 1. The summed E-state index contributed by atoms with van der Waals surface area (Å²) in [4.78, 5) is 4.77. The van der Waals surface area contributed by atoms with Crippen LogP contribution in [-0.2, 0) is 22.9 Å². The minimum absolute atomic E-state index is 0.180. The van der Waals surface area contributed by atoms with Gasteiger partial charge in [0.25, 0.3) is 0 Å². The highest BCUT2D eigenvalue weighted by atomic mass is 32.2. The number of hydrogen-bond donors (Lipinski definition) is 2. The first-order valence-electron chi connectivity index (χ1n) is 8.75. The van der Waals surface area contributed by atoms with Gasteiger partial charge in [-0.3, -0.25) is 0 Å². The Morgan fingerprint density at radius 1 is 1.21 bits per heavy atom. The standard InChI is InChI=1S/C20H23FN4O2S/c1-4-23-20(25-13-17-10-15(11-22)5-7-18(17)21)24-12-16-6-8-19(14(2)9-16)28(3,26)27/h5-10H,4,12-13H2,1-3H3,(H2,23,24,25).